The van der Waals surface area contributed by atoms with Crippen LogP contribution in [0.3, 0.4) is 0 Å². The van der Waals surface area contributed by atoms with Gasteiger partial charge >= 0.3 is 0 Å². The second-order valence-corrected chi connectivity index (χ2v) is 6.21. The van der Waals surface area contributed by atoms with E-state index in [9.17, 15) is 4.79 Å². The van der Waals surface area contributed by atoms with E-state index in [1.54, 1.807) is 6.07 Å². The summed E-state index contributed by atoms with van der Waals surface area (Å²) in [6, 6.07) is 1.75. The van der Waals surface area contributed by atoms with E-state index in [-0.39, 0.29) is 5.91 Å². The highest BCUT2D eigenvalue weighted by Crippen LogP contribution is 2.40. The van der Waals surface area contributed by atoms with Gasteiger partial charge in [-0.2, -0.15) is 0 Å². The lowest BCUT2D eigenvalue weighted by Crippen LogP contribution is -2.52. The minimum Gasteiger partial charge on any atom is -0.360 e. The number of hydrogen-bond acceptors (Lipinski definition) is 4. The molecule has 0 saturated heterocycles. The van der Waals surface area contributed by atoms with Gasteiger partial charge in [0.1, 0.15) is 5.76 Å². The summed E-state index contributed by atoms with van der Waals surface area (Å²) in [5, 5.41) is 6.82. The van der Waals surface area contributed by atoms with Crippen molar-refractivity contribution in [2.45, 2.75) is 51.5 Å². The lowest BCUT2D eigenvalue weighted by atomic mass is 9.90. The van der Waals surface area contributed by atoms with E-state index in [1.807, 2.05) is 6.92 Å². The Bertz CT molecular complexity index is 451. The van der Waals surface area contributed by atoms with Crippen LogP contribution in [0.15, 0.2) is 10.6 Å². The summed E-state index contributed by atoms with van der Waals surface area (Å²) >= 11 is 0. The van der Waals surface area contributed by atoms with Crippen LogP contribution in [0.1, 0.15) is 62.2 Å². The third-order valence-electron chi connectivity index (χ3n) is 3.47. The quantitative estimate of drug-likeness (QED) is 0.824. The predicted octanol–water partition coefficient (Wildman–Crippen LogP) is 2.05. The summed E-state index contributed by atoms with van der Waals surface area (Å²) in [7, 11) is 0. The molecule has 1 aromatic rings. The van der Waals surface area contributed by atoms with Crippen molar-refractivity contribution in [1.29, 1.82) is 0 Å². The molecule has 1 atom stereocenters. The van der Waals surface area contributed by atoms with Crippen molar-refractivity contribution in [3.05, 3.63) is 17.5 Å². The minimum absolute atomic E-state index is 0.204. The van der Waals surface area contributed by atoms with Gasteiger partial charge in [-0.05, 0) is 32.1 Å². The van der Waals surface area contributed by atoms with E-state index in [2.05, 4.69) is 24.3 Å². The van der Waals surface area contributed by atoms with E-state index in [1.165, 1.54) is 0 Å². The summed E-state index contributed by atoms with van der Waals surface area (Å²) in [6.45, 7) is 6.60. The monoisotopic (exact) mass is 265 g/mol. The summed E-state index contributed by atoms with van der Waals surface area (Å²) in [5.74, 6) is 1.55. The molecule has 0 spiro atoms. The lowest BCUT2D eigenvalue weighted by molar-refractivity contribution is 0.0889. The van der Waals surface area contributed by atoms with Gasteiger partial charge in [0.2, 0.25) is 0 Å². The topological polar surface area (TPSA) is 81.1 Å². The van der Waals surface area contributed by atoms with E-state index in [0.29, 0.717) is 24.1 Å². The lowest BCUT2D eigenvalue weighted by Gasteiger charge is -2.30. The van der Waals surface area contributed by atoms with Crippen molar-refractivity contribution in [1.82, 2.24) is 10.5 Å². The standard InChI is InChI=1S/C14H23N3O2/c1-9(2)7-14(3,8-15)16-13(18)11-6-12(19-17-11)10-4-5-10/h6,9-10H,4-5,7-8,15H2,1-3H3,(H,16,18). The Kier molecular flexibility index (Phi) is 3.94. The Morgan fingerprint density at radius 2 is 2.32 bits per heavy atom. The molecule has 1 fully saturated rings. The van der Waals surface area contributed by atoms with Gasteiger partial charge < -0.3 is 15.6 Å². The molecule has 0 aliphatic heterocycles. The van der Waals surface area contributed by atoms with Crippen LogP contribution >= 0.6 is 0 Å². The van der Waals surface area contributed by atoms with Gasteiger partial charge in [-0.25, -0.2) is 0 Å². The summed E-state index contributed by atoms with van der Waals surface area (Å²) in [6.07, 6.45) is 3.09. The number of carbonyl (C=O) groups is 1. The Morgan fingerprint density at radius 3 is 2.84 bits per heavy atom. The van der Waals surface area contributed by atoms with E-state index in [0.717, 1.165) is 25.0 Å². The first-order chi connectivity index (χ1) is 8.93. The molecule has 1 saturated carbocycles. The van der Waals surface area contributed by atoms with Crippen molar-refractivity contribution >= 4 is 5.91 Å². The third kappa shape index (κ3) is 3.56. The fourth-order valence-electron chi connectivity index (χ4n) is 2.38. The zero-order valence-electron chi connectivity index (χ0n) is 11.9. The molecule has 1 aliphatic carbocycles. The van der Waals surface area contributed by atoms with Crippen molar-refractivity contribution in [3.8, 4) is 0 Å². The molecule has 3 N–H and O–H groups in total. The minimum atomic E-state index is -0.399. The molecular weight excluding hydrogens is 242 g/mol. The number of nitrogens with two attached hydrogens (primary N) is 1. The van der Waals surface area contributed by atoms with Crippen LogP contribution in [0.5, 0.6) is 0 Å². The van der Waals surface area contributed by atoms with Gasteiger partial charge in [0.05, 0.1) is 5.54 Å². The first-order valence-corrected chi connectivity index (χ1v) is 6.93. The van der Waals surface area contributed by atoms with E-state index >= 15 is 0 Å². The zero-order chi connectivity index (χ0) is 14.0. The molecule has 5 heteroatoms. The van der Waals surface area contributed by atoms with Crippen LogP contribution in [0, 0.1) is 5.92 Å². The number of carbonyl (C=O) groups excluding carboxylic acids is 1. The van der Waals surface area contributed by atoms with Crippen LogP contribution in [0.2, 0.25) is 0 Å². The van der Waals surface area contributed by atoms with E-state index < -0.39 is 5.54 Å². The number of hydrogen-bond donors (Lipinski definition) is 2. The van der Waals surface area contributed by atoms with Gasteiger partial charge in [-0.15, -0.1) is 0 Å². The molecule has 0 radical (unpaired) electrons. The molecule has 2 rings (SSSR count). The van der Waals surface area contributed by atoms with Crippen LogP contribution in [-0.2, 0) is 0 Å². The summed E-state index contributed by atoms with van der Waals surface area (Å²) in [5.41, 5.74) is 5.74. The first kappa shape index (κ1) is 14.1. The number of rotatable bonds is 6. The summed E-state index contributed by atoms with van der Waals surface area (Å²) in [4.78, 5) is 12.2. The Hall–Kier alpha value is -1.36. The largest absolute Gasteiger partial charge is 0.360 e. The molecule has 1 unspecified atom stereocenters. The number of nitrogens with one attached hydrogen (secondary N) is 1. The molecule has 19 heavy (non-hydrogen) atoms. The molecule has 1 aliphatic rings. The number of amides is 1. The first-order valence-electron chi connectivity index (χ1n) is 6.93. The Labute approximate surface area is 113 Å². The molecule has 1 aromatic heterocycles. The number of aromatic nitrogens is 1. The Morgan fingerprint density at radius 1 is 1.63 bits per heavy atom. The highest BCUT2D eigenvalue weighted by Gasteiger charge is 2.31. The molecule has 5 nitrogen and oxygen atoms in total. The average molecular weight is 265 g/mol. The molecule has 1 heterocycles. The fraction of sp³-hybridized carbons (Fsp3) is 0.714. The van der Waals surface area contributed by atoms with Gasteiger partial charge in [-0.1, -0.05) is 19.0 Å². The molecular formula is C14H23N3O2. The predicted molar refractivity (Wildman–Crippen MR) is 72.9 cm³/mol. The van der Waals surface area contributed by atoms with Gasteiger partial charge in [0, 0.05) is 18.5 Å². The van der Waals surface area contributed by atoms with Crippen molar-refractivity contribution in [3.63, 3.8) is 0 Å². The second kappa shape index (κ2) is 5.33. The highest BCUT2D eigenvalue weighted by atomic mass is 16.5. The number of nitrogens with zero attached hydrogens (tertiary/aromatic N) is 1. The molecule has 106 valence electrons. The van der Waals surface area contributed by atoms with Crippen LogP contribution in [0.4, 0.5) is 0 Å². The third-order valence-corrected chi connectivity index (χ3v) is 3.47. The van der Waals surface area contributed by atoms with Crippen LogP contribution in [0.25, 0.3) is 0 Å². The summed E-state index contributed by atoms with van der Waals surface area (Å²) < 4.78 is 5.20. The second-order valence-electron chi connectivity index (χ2n) is 6.21. The fourth-order valence-corrected chi connectivity index (χ4v) is 2.38. The molecule has 1 amide bonds. The average Bonchev–Trinajstić information content (AvgIpc) is 3.06. The van der Waals surface area contributed by atoms with Crippen molar-refractivity contribution < 1.29 is 9.32 Å². The van der Waals surface area contributed by atoms with Crippen molar-refractivity contribution in [2.24, 2.45) is 11.7 Å². The maximum atomic E-state index is 12.2. The van der Waals surface area contributed by atoms with Gasteiger partial charge in [-0.3, -0.25) is 4.79 Å². The smallest absolute Gasteiger partial charge is 0.273 e. The van der Waals surface area contributed by atoms with Crippen LogP contribution < -0.4 is 11.1 Å². The maximum Gasteiger partial charge on any atom is 0.273 e. The van der Waals surface area contributed by atoms with Gasteiger partial charge in [0.15, 0.2) is 5.69 Å². The SMILES string of the molecule is CC(C)CC(C)(CN)NC(=O)c1cc(C2CC2)on1. The maximum absolute atomic E-state index is 12.2. The zero-order valence-corrected chi connectivity index (χ0v) is 11.9. The van der Waals surface area contributed by atoms with E-state index in [4.69, 9.17) is 10.3 Å². The Balaban J connectivity index is 2.01. The molecule has 0 aromatic carbocycles. The molecule has 0 bridgehead atoms. The normalized spacial score (nSPS) is 18.4. The highest BCUT2D eigenvalue weighted by molar-refractivity contribution is 5.92. The van der Waals surface area contributed by atoms with Crippen molar-refractivity contribution in [2.75, 3.05) is 6.54 Å². The van der Waals surface area contributed by atoms with Gasteiger partial charge in [0.25, 0.3) is 5.91 Å². The van der Waals surface area contributed by atoms with Crippen LogP contribution in [-0.4, -0.2) is 23.1 Å².